The highest BCUT2D eigenvalue weighted by Crippen LogP contribution is 2.13. The van der Waals surface area contributed by atoms with Gasteiger partial charge in [0.1, 0.15) is 0 Å². The Morgan fingerprint density at radius 3 is 2.70 bits per heavy atom. The number of carbonyl (C=O) groups is 1. The summed E-state index contributed by atoms with van der Waals surface area (Å²) in [5.41, 5.74) is 2.01. The number of carbonyl (C=O) groups excluding carboxylic acids is 1. The molecule has 0 radical (unpaired) electrons. The monoisotopic (exact) mass is 272 g/mol. The van der Waals surface area contributed by atoms with Gasteiger partial charge in [0.2, 0.25) is 0 Å². The summed E-state index contributed by atoms with van der Waals surface area (Å²) in [5.74, 6) is -0.422. The van der Waals surface area contributed by atoms with Crippen molar-refractivity contribution in [3.05, 3.63) is 59.9 Å². The van der Waals surface area contributed by atoms with Crippen molar-refractivity contribution in [2.24, 2.45) is 0 Å². The molecule has 5 nitrogen and oxygen atoms in total. The van der Waals surface area contributed by atoms with Gasteiger partial charge in [-0.05, 0) is 5.56 Å². The molecular weight excluding hydrogens is 256 g/mol. The molecule has 0 N–H and O–H groups in total. The number of ether oxygens (including phenoxy) is 2. The zero-order valence-corrected chi connectivity index (χ0v) is 11.4. The van der Waals surface area contributed by atoms with Crippen molar-refractivity contribution in [2.45, 2.75) is 6.54 Å². The molecule has 0 amide bonds. The second-order valence-corrected chi connectivity index (χ2v) is 4.12. The number of imidazole rings is 1. The highest BCUT2D eigenvalue weighted by molar-refractivity contribution is 5.91. The van der Waals surface area contributed by atoms with Gasteiger partial charge in [-0.15, -0.1) is 0 Å². The van der Waals surface area contributed by atoms with E-state index >= 15 is 0 Å². The molecule has 1 aromatic heterocycles. The van der Waals surface area contributed by atoms with Gasteiger partial charge < -0.3 is 14.0 Å². The lowest BCUT2D eigenvalue weighted by atomic mass is 10.2. The molecule has 104 valence electrons. The standard InChI is InChI=1S/C15H16N2O3/c1-19-9-8-13-14(15(18)20-2)17(11-16-13)10-12-6-4-3-5-7-12/h3-9,11H,10H2,1-2H3/b9-8+. The predicted molar refractivity (Wildman–Crippen MR) is 75.2 cm³/mol. The zero-order chi connectivity index (χ0) is 14.4. The van der Waals surface area contributed by atoms with Crippen LogP contribution in [0, 0.1) is 0 Å². The van der Waals surface area contributed by atoms with Crippen LogP contribution in [0.2, 0.25) is 0 Å². The number of nitrogens with zero attached hydrogens (tertiary/aromatic N) is 2. The van der Waals surface area contributed by atoms with E-state index < -0.39 is 5.97 Å². The molecule has 0 unspecified atom stereocenters. The molecule has 0 spiro atoms. The Morgan fingerprint density at radius 2 is 2.05 bits per heavy atom. The van der Waals surface area contributed by atoms with Crippen LogP contribution in [0.1, 0.15) is 21.7 Å². The van der Waals surface area contributed by atoms with E-state index in [1.54, 1.807) is 17.0 Å². The fraction of sp³-hybridized carbons (Fsp3) is 0.200. The van der Waals surface area contributed by atoms with E-state index in [1.165, 1.54) is 20.5 Å². The average Bonchev–Trinajstić information content (AvgIpc) is 2.88. The first kappa shape index (κ1) is 13.9. The van der Waals surface area contributed by atoms with E-state index in [2.05, 4.69) is 4.98 Å². The fourth-order valence-corrected chi connectivity index (χ4v) is 1.87. The highest BCUT2D eigenvalue weighted by atomic mass is 16.5. The second-order valence-electron chi connectivity index (χ2n) is 4.12. The molecule has 0 fully saturated rings. The molecule has 0 saturated heterocycles. The van der Waals surface area contributed by atoms with Gasteiger partial charge in [0, 0.05) is 12.6 Å². The predicted octanol–water partition coefficient (Wildman–Crippen LogP) is 2.34. The van der Waals surface area contributed by atoms with Crippen LogP contribution in [0.15, 0.2) is 42.9 Å². The summed E-state index contributed by atoms with van der Waals surface area (Å²) in [5, 5.41) is 0. The van der Waals surface area contributed by atoms with Crippen molar-refractivity contribution in [3.63, 3.8) is 0 Å². The molecule has 1 heterocycles. The van der Waals surface area contributed by atoms with E-state index in [0.29, 0.717) is 17.9 Å². The van der Waals surface area contributed by atoms with Gasteiger partial charge in [0.15, 0.2) is 5.69 Å². The Labute approximate surface area is 117 Å². The fourth-order valence-electron chi connectivity index (χ4n) is 1.87. The number of esters is 1. The Kier molecular flexibility index (Phi) is 4.55. The molecule has 2 rings (SSSR count). The number of methoxy groups -OCH3 is 2. The van der Waals surface area contributed by atoms with Crippen LogP contribution < -0.4 is 0 Å². The summed E-state index contributed by atoms with van der Waals surface area (Å²) in [6.45, 7) is 0.555. The summed E-state index contributed by atoms with van der Waals surface area (Å²) >= 11 is 0. The number of benzene rings is 1. The number of rotatable bonds is 5. The quantitative estimate of drug-likeness (QED) is 0.619. The summed E-state index contributed by atoms with van der Waals surface area (Å²) < 4.78 is 11.4. The Bertz CT molecular complexity index is 603. The number of hydrogen-bond acceptors (Lipinski definition) is 4. The average molecular weight is 272 g/mol. The van der Waals surface area contributed by atoms with Gasteiger partial charge in [-0.3, -0.25) is 0 Å². The van der Waals surface area contributed by atoms with Crippen LogP contribution in [0.25, 0.3) is 6.08 Å². The molecule has 0 bridgehead atoms. The van der Waals surface area contributed by atoms with E-state index in [-0.39, 0.29) is 0 Å². The van der Waals surface area contributed by atoms with Gasteiger partial charge in [-0.1, -0.05) is 30.3 Å². The van der Waals surface area contributed by atoms with Crippen molar-refractivity contribution >= 4 is 12.0 Å². The second kappa shape index (κ2) is 6.56. The lowest BCUT2D eigenvalue weighted by Crippen LogP contribution is -2.12. The molecular formula is C15H16N2O3. The minimum Gasteiger partial charge on any atom is -0.504 e. The van der Waals surface area contributed by atoms with E-state index in [4.69, 9.17) is 9.47 Å². The summed E-state index contributed by atoms with van der Waals surface area (Å²) in [6.07, 6.45) is 4.73. The summed E-state index contributed by atoms with van der Waals surface area (Å²) in [4.78, 5) is 16.1. The summed E-state index contributed by atoms with van der Waals surface area (Å²) in [6, 6.07) is 9.84. The number of hydrogen-bond donors (Lipinski definition) is 0. The van der Waals surface area contributed by atoms with Gasteiger partial charge in [-0.25, -0.2) is 9.78 Å². The largest absolute Gasteiger partial charge is 0.504 e. The first-order valence-electron chi connectivity index (χ1n) is 6.13. The van der Waals surface area contributed by atoms with Crippen LogP contribution in [0.4, 0.5) is 0 Å². The molecule has 0 atom stereocenters. The third-order valence-electron chi connectivity index (χ3n) is 2.80. The lowest BCUT2D eigenvalue weighted by Gasteiger charge is -2.07. The smallest absolute Gasteiger partial charge is 0.357 e. The molecule has 0 aliphatic carbocycles. The van der Waals surface area contributed by atoms with E-state index in [0.717, 1.165) is 5.56 Å². The normalized spacial score (nSPS) is 10.7. The third-order valence-corrected chi connectivity index (χ3v) is 2.80. The van der Waals surface area contributed by atoms with Crippen molar-refractivity contribution < 1.29 is 14.3 Å². The van der Waals surface area contributed by atoms with Crippen LogP contribution in [0.5, 0.6) is 0 Å². The summed E-state index contributed by atoms with van der Waals surface area (Å²) in [7, 11) is 2.89. The first-order valence-corrected chi connectivity index (χ1v) is 6.13. The van der Waals surface area contributed by atoms with E-state index in [9.17, 15) is 4.79 Å². The Balaban J connectivity index is 2.35. The SMILES string of the molecule is CO/C=C/c1ncn(Cc2ccccc2)c1C(=O)OC. The maximum Gasteiger partial charge on any atom is 0.357 e. The maximum atomic E-state index is 11.9. The van der Waals surface area contributed by atoms with Crippen molar-refractivity contribution in [1.82, 2.24) is 9.55 Å². The first-order chi connectivity index (χ1) is 9.76. The van der Waals surface area contributed by atoms with Gasteiger partial charge in [0.25, 0.3) is 0 Å². The molecule has 1 aromatic carbocycles. The minimum atomic E-state index is -0.422. The van der Waals surface area contributed by atoms with Gasteiger partial charge in [-0.2, -0.15) is 0 Å². The third kappa shape index (κ3) is 3.06. The molecule has 20 heavy (non-hydrogen) atoms. The Hall–Kier alpha value is -2.56. The molecule has 0 aliphatic heterocycles. The molecule has 5 heteroatoms. The maximum absolute atomic E-state index is 11.9. The molecule has 2 aromatic rings. The number of aromatic nitrogens is 2. The minimum absolute atomic E-state index is 0.407. The van der Waals surface area contributed by atoms with E-state index in [1.807, 2.05) is 30.3 Å². The van der Waals surface area contributed by atoms with Crippen LogP contribution >= 0.6 is 0 Å². The van der Waals surface area contributed by atoms with Crippen molar-refractivity contribution in [2.75, 3.05) is 14.2 Å². The molecule has 0 saturated carbocycles. The van der Waals surface area contributed by atoms with Crippen LogP contribution in [-0.4, -0.2) is 29.7 Å². The van der Waals surface area contributed by atoms with Gasteiger partial charge >= 0.3 is 5.97 Å². The van der Waals surface area contributed by atoms with Crippen molar-refractivity contribution in [3.8, 4) is 0 Å². The topological polar surface area (TPSA) is 53.4 Å². The highest BCUT2D eigenvalue weighted by Gasteiger charge is 2.17. The lowest BCUT2D eigenvalue weighted by molar-refractivity contribution is 0.0588. The van der Waals surface area contributed by atoms with Crippen LogP contribution in [0.3, 0.4) is 0 Å². The van der Waals surface area contributed by atoms with Gasteiger partial charge in [0.05, 0.1) is 32.5 Å². The van der Waals surface area contributed by atoms with Crippen molar-refractivity contribution in [1.29, 1.82) is 0 Å². The van der Waals surface area contributed by atoms with Crippen LogP contribution in [-0.2, 0) is 16.0 Å². The Morgan fingerprint density at radius 1 is 1.30 bits per heavy atom. The zero-order valence-electron chi connectivity index (χ0n) is 11.4. The molecule has 0 aliphatic rings.